The molecule has 17 heavy (non-hydrogen) atoms. The number of aromatic nitrogens is 2. The third-order valence-corrected chi connectivity index (χ3v) is 3.50. The number of hydrogen-bond donors (Lipinski definition) is 3. The Hall–Kier alpha value is -1.81. The van der Waals surface area contributed by atoms with Crippen molar-refractivity contribution in [3.8, 4) is 6.01 Å². The van der Waals surface area contributed by atoms with Crippen LogP contribution in [0.15, 0.2) is 30.3 Å². The number of nitrogens with one attached hydrogen (secondary N) is 1. The Morgan fingerprint density at radius 3 is 2.82 bits per heavy atom. The van der Waals surface area contributed by atoms with Crippen molar-refractivity contribution >= 4 is 0 Å². The lowest BCUT2D eigenvalue weighted by molar-refractivity contribution is 0.379. The van der Waals surface area contributed by atoms with Crippen LogP contribution in [-0.2, 0) is 18.4 Å². The predicted octanol–water partition coefficient (Wildman–Crippen LogP) is 1.46. The molecule has 1 heterocycles. The highest BCUT2D eigenvalue weighted by Crippen LogP contribution is 2.33. The molecule has 1 aromatic carbocycles. The van der Waals surface area contributed by atoms with Gasteiger partial charge in [-0.25, -0.2) is 4.98 Å². The quantitative estimate of drug-likeness (QED) is 0.693. The SMILES string of the molecule is NC1(c2ccccc2)CCc2nc(O)[nH]c2C1. The lowest BCUT2D eigenvalue weighted by Gasteiger charge is -2.33. The molecule has 0 radical (unpaired) electrons. The van der Waals surface area contributed by atoms with Gasteiger partial charge in [-0.2, -0.15) is 0 Å². The molecule has 2 aromatic rings. The summed E-state index contributed by atoms with van der Waals surface area (Å²) in [6.45, 7) is 0. The van der Waals surface area contributed by atoms with Crippen LogP contribution in [0.1, 0.15) is 23.4 Å². The van der Waals surface area contributed by atoms with Crippen molar-refractivity contribution in [2.24, 2.45) is 5.73 Å². The number of hydrogen-bond acceptors (Lipinski definition) is 3. The van der Waals surface area contributed by atoms with Crippen LogP contribution in [0, 0.1) is 0 Å². The van der Waals surface area contributed by atoms with Crippen LogP contribution in [0.25, 0.3) is 0 Å². The van der Waals surface area contributed by atoms with Gasteiger partial charge in [0, 0.05) is 17.7 Å². The smallest absolute Gasteiger partial charge is 0.291 e. The highest BCUT2D eigenvalue weighted by Gasteiger charge is 2.33. The molecule has 0 bridgehead atoms. The summed E-state index contributed by atoms with van der Waals surface area (Å²) in [7, 11) is 0. The minimum Gasteiger partial charge on any atom is -0.480 e. The predicted molar refractivity (Wildman–Crippen MR) is 64.6 cm³/mol. The Balaban J connectivity index is 1.97. The molecule has 4 N–H and O–H groups in total. The molecule has 0 saturated heterocycles. The van der Waals surface area contributed by atoms with E-state index >= 15 is 0 Å². The van der Waals surface area contributed by atoms with Gasteiger partial charge < -0.3 is 15.8 Å². The van der Waals surface area contributed by atoms with E-state index in [2.05, 4.69) is 22.1 Å². The molecule has 4 nitrogen and oxygen atoms in total. The fourth-order valence-electron chi connectivity index (χ4n) is 2.55. The topological polar surface area (TPSA) is 74.9 Å². The van der Waals surface area contributed by atoms with Crippen LogP contribution in [-0.4, -0.2) is 15.1 Å². The molecule has 1 aliphatic rings. The van der Waals surface area contributed by atoms with Crippen LogP contribution < -0.4 is 5.73 Å². The summed E-state index contributed by atoms with van der Waals surface area (Å²) >= 11 is 0. The summed E-state index contributed by atoms with van der Waals surface area (Å²) in [6, 6.07) is 10.1. The Morgan fingerprint density at radius 1 is 1.29 bits per heavy atom. The summed E-state index contributed by atoms with van der Waals surface area (Å²) in [5.41, 5.74) is 9.16. The van der Waals surface area contributed by atoms with Crippen molar-refractivity contribution in [3.05, 3.63) is 47.3 Å². The second-order valence-electron chi connectivity index (χ2n) is 4.68. The Labute approximate surface area is 99.5 Å². The summed E-state index contributed by atoms with van der Waals surface area (Å²) in [5.74, 6) is 0. The Bertz CT molecular complexity index is 535. The number of H-pyrrole nitrogens is 1. The fraction of sp³-hybridized carbons (Fsp3) is 0.308. The number of rotatable bonds is 1. The Morgan fingerprint density at radius 2 is 2.06 bits per heavy atom. The van der Waals surface area contributed by atoms with Crippen LogP contribution in [0.4, 0.5) is 0 Å². The number of aryl methyl sites for hydroxylation is 1. The zero-order valence-corrected chi connectivity index (χ0v) is 9.48. The van der Waals surface area contributed by atoms with Crippen LogP contribution in [0.5, 0.6) is 6.01 Å². The summed E-state index contributed by atoms with van der Waals surface area (Å²) < 4.78 is 0. The molecule has 88 valence electrons. The summed E-state index contributed by atoms with van der Waals surface area (Å²) in [5, 5.41) is 9.36. The van der Waals surface area contributed by atoms with Gasteiger partial charge in [0.05, 0.1) is 5.69 Å². The first-order chi connectivity index (χ1) is 8.17. The number of nitrogens with two attached hydrogens (primary N) is 1. The molecular weight excluding hydrogens is 214 g/mol. The van der Waals surface area contributed by atoms with Gasteiger partial charge in [-0.05, 0) is 18.4 Å². The zero-order valence-electron chi connectivity index (χ0n) is 9.48. The van der Waals surface area contributed by atoms with E-state index in [9.17, 15) is 5.11 Å². The van der Waals surface area contributed by atoms with Gasteiger partial charge >= 0.3 is 0 Å². The second-order valence-corrected chi connectivity index (χ2v) is 4.68. The van der Waals surface area contributed by atoms with E-state index in [-0.39, 0.29) is 11.5 Å². The van der Waals surface area contributed by atoms with E-state index in [0.717, 1.165) is 29.8 Å². The standard InChI is InChI=1S/C13H15N3O/c14-13(9-4-2-1-3-5-9)7-6-10-11(8-13)16-12(17)15-10/h1-5H,6-8,14H2,(H2,15,16,17). The van der Waals surface area contributed by atoms with Crippen molar-refractivity contribution in [2.75, 3.05) is 0 Å². The first-order valence-corrected chi connectivity index (χ1v) is 5.78. The van der Waals surface area contributed by atoms with Gasteiger partial charge in [-0.1, -0.05) is 30.3 Å². The third-order valence-electron chi connectivity index (χ3n) is 3.50. The van der Waals surface area contributed by atoms with Crippen molar-refractivity contribution < 1.29 is 5.11 Å². The maximum Gasteiger partial charge on any atom is 0.291 e. The molecule has 0 amide bonds. The van der Waals surface area contributed by atoms with Crippen molar-refractivity contribution in [2.45, 2.75) is 24.8 Å². The molecular formula is C13H15N3O. The number of fused-ring (bicyclic) bond motifs is 1. The third kappa shape index (κ3) is 1.70. The largest absolute Gasteiger partial charge is 0.480 e. The van der Waals surface area contributed by atoms with Crippen molar-refractivity contribution in [1.82, 2.24) is 9.97 Å². The van der Waals surface area contributed by atoms with Gasteiger partial charge in [-0.3, -0.25) is 0 Å². The van der Waals surface area contributed by atoms with E-state index in [1.165, 1.54) is 0 Å². The molecule has 1 aromatic heterocycles. The van der Waals surface area contributed by atoms with Crippen LogP contribution >= 0.6 is 0 Å². The number of benzene rings is 1. The highest BCUT2D eigenvalue weighted by molar-refractivity contribution is 5.31. The fourth-order valence-corrected chi connectivity index (χ4v) is 2.55. The average molecular weight is 229 g/mol. The van der Waals surface area contributed by atoms with Gasteiger partial charge in [-0.15, -0.1) is 0 Å². The number of aromatic amines is 1. The van der Waals surface area contributed by atoms with E-state index in [1.54, 1.807) is 0 Å². The molecule has 1 atom stereocenters. The average Bonchev–Trinajstić information content (AvgIpc) is 2.69. The molecule has 0 spiro atoms. The highest BCUT2D eigenvalue weighted by atomic mass is 16.3. The van der Waals surface area contributed by atoms with Gasteiger partial charge in [0.2, 0.25) is 0 Å². The molecule has 0 fully saturated rings. The lowest BCUT2D eigenvalue weighted by atomic mass is 9.78. The second kappa shape index (κ2) is 3.60. The summed E-state index contributed by atoms with van der Waals surface area (Å²) in [4.78, 5) is 6.94. The van der Waals surface area contributed by atoms with E-state index in [1.807, 2.05) is 18.2 Å². The van der Waals surface area contributed by atoms with Crippen LogP contribution in [0.2, 0.25) is 0 Å². The first kappa shape index (κ1) is 10.4. The molecule has 3 rings (SSSR count). The van der Waals surface area contributed by atoms with Gasteiger partial charge in [0.25, 0.3) is 6.01 Å². The van der Waals surface area contributed by atoms with E-state index in [4.69, 9.17) is 5.73 Å². The van der Waals surface area contributed by atoms with Crippen LogP contribution in [0.3, 0.4) is 0 Å². The molecule has 4 heteroatoms. The Kier molecular flexibility index (Phi) is 2.19. The normalized spacial score (nSPS) is 23.4. The number of imidazole rings is 1. The maximum absolute atomic E-state index is 9.36. The number of nitrogens with zero attached hydrogens (tertiary/aromatic N) is 1. The van der Waals surface area contributed by atoms with Crippen molar-refractivity contribution in [1.29, 1.82) is 0 Å². The molecule has 0 saturated carbocycles. The van der Waals surface area contributed by atoms with Gasteiger partial charge in [0.1, 0.15) is 0 Å². The lowest BCUT2D eigenvalue weighted by Crippen LogP contribution is -2.42. The molecule has 0 aliphatic heterocycles. The molecule has 1 aliphatic carbocycles. The van der Waals surface area contributed by atoms with Gasteiger partial charge in [0.15, 0.2) is 0 Å². The number of aromatic hydroxyl groups is 1. The first-order valence-electron chi connectivity index (χ1n) is 5.78. The summed E-state index contributed by atoms with van der Waals surface area (Å²) in [6.07, 6.45) is 2.35. The van der Waals surface area contributed by atoms with Crippen molar-refractivity contribution in [3.63, 3.8) is 0 Å². The zero-order chi connectivity index (χ0) is 11.9. The molecule has 1 unspecified atom stereocenters. The minimum atomic E-state index is -0.354. The minimum absolute atomic E-state index is 0.00712. The maximum atomic E-state index is 9.36. The van der Waals surface area contributed by atoms with E-state index in [0.29, 0.717) is 6.42 Å². The van der Waals surface area contributed by atoms with E-state index < -0.39 is 0 Å². The monoisotopic (exact) mass is 229 g/mol.